The highest BCUT2D eigenvalue weighted by atomic mass is 32.2. The Labute approximate surface area is 186 Å². The topological polar surface area (TPSA) is 88.1 Å². The normalized spacial score (nSPS) is 21.3. The van der Waals surface area contributed by atoms with Crippen molar-refractivity contribution in [3.8, 4) is 5.75 Å². The van der Waals surface area contributed by atoms with Crippen molar-refractivity contribution in [1.29, 1.82) is 0 Å². The monoisotopic (exact) mass is 459 g/mol. The first-order valence-electron chi connectivity index (χ1n) is 10.1. The number of sulfone groups is 1. The quantitative estimate of drug-likeness (QED) is 0.715. The molecule has 0 bridgehead atoms. The fourth-order valence-corrected chi connectivity index (χ4v) is 7.48. The number of aliphatic imine (C=N–C) groups is 1. The molecule has 1 amide bonds. The standard InChI is InChI=1S/C22H25N3O4S2/c1-3-15-7-9-17(10-8-15)25(22-24-19-13-31(27,28)14-20(19)30-22)12-21(26)23-16-5-4-6-18(11-16)29-2/h4-11,19-20H,3,12-14H2,1-2H3,(H,23,26)/t19-,20-/m0/s1. The van der Waals surface area contributed by atoms with E-state index in [0.717, 1.165) is 12.1 Å². The molecule has 2 aromatic rings. The summed E-state index contributed by atoms with van der Waals surface area (Å²) in [4.78, 5) is 19.4. The maximum absolute atomic E-state index is 12.9. The number of benzene rings is 2. The minimum Gasteiger partial charge on any atom is -0.497 e. The molecule has 1 N–H and O–H groups in total. The van der Waals surface area contributed by atoms with Crippen molar-refractivity contribution in [1.82, 2.24) is 0 Å². The summed E-state index contributed by atoms with van der Waals surface area (Å²) in [5, 5.41) is 3.51. The van der Waals surface area contributed by atoms with Gasteiger partial charge in [0.2, 0.25) is 5.91 Å². The molecule has 2 heterocycles. The lowest BCUT2D eigenvalue weighted by molar-refractivity contribution is -0.114. The molecule has 2 aliphatic rings. The Morgan fingerprint density at radius 2 is 2.00 bits per heavy atom. The van der Waals surface area contributed by atoms with Crippen LogP contribution in [-0.2, 0) is 21.1 Å². The van der Waals surface area contributed by atoms with Gasteiger partial charge in [0.1, 0.15) is 12.3 Å². The van der Waals surface area contributed by atoms with E-state index in [2.05, 4.69) is 17.2 Å². The number of ether oxygens (including phenoxy) is 1. The number of thioether (sulfide) groups is 1. The van der Waals surface area contributed by atoms with Crippen molar-refractivity contribution in [2.75, 3.05) is 35.4 Å². The first kappa shape index (κ1) is 21.7. The van der Waals surface area contributed by atoms with Crippen molar-refractivity contribution in [3.63, 3.8) is 0 Å². The van der Waals surface area contributed by atoms with Crippen LogP contribution < -0.4 is 15.0 Å². The van der Waals surface area contributed by atoms with Crippen LogP contribution in [0.15, 0.2) is 53.5 Å². The number of carbonyl (C=O) groups is 1. The minimum atomic E-state index is -3.04. The van der Waals surface area contributed by atoms with Gasteiger partial charge in [0.25, 0.3) is 0 Å². The molecule has 1 saturated heterocycles. The SMILES string of the molecule is CCc1ccc(N(CC(=O)Nc2cccc(OC)c2)C2=N[C@H]3CS(=O)(=O)C[C@@H]3S2)cc1. The van der Waals surface area contributed by atoms with Crippen LogP contribution in [0.25, 0.3) is 0 Å². The molecular formula is C22H25N3O4S2. The molecule has 0 aromatic heterocycles. The molecule has 0 radical (unpaired) electrons. The summed E-state index contributed by atoms with van der Waals surface area (Å²) in [7, 11) is -1.46. The highest BCUT2D eigenvalue weighted by Crippen LogP contribution is 2.36. The number of hydrogen-bond acceptors (Lipinski definition) is 7. The molecule has 0 spiro atoms. The van der Waals surface area contributed by atoms with Gasteiger partial charge in [0.05, 0.1) is 24.7 Å². The van der Waals surface area contributed by atoms with E-state index < -0.39 is 9.84 Å². The van der Waals surface area contributed by atoms with Crippen molar-refractivity contribution >= 4 is 44.0 Å². The average molecular weight is 460 g/mol. The summed E-state index contributed by atoms with van der Waals surface area (Å²) in [5.41, 5.74) is 2.70. The van der Waals surface area contributed by atoms with E-state index in [0.29, 0.717) is 16.6 Å². The number of nitrogens with zero attached hydrogens (tertiary/aromatic N) is 2. The zero-order chi connectivity index (χ0) is 22.0. The Bertz CT molecular complexity index is 1100. The van der Waals surface area contributed by atoms with Gasteiger partial charge in [0, 0.05) is 22.7 Å². The molecule has 2 aromatic carbocycles. The van der Waals surface area contributed by atoms with E-state index in [1.807, 2.05) is 41.3 Å². The Kier molecular flexibility index (Phi) is 6.24. The third-order valence-corrected chi connectivity index (χ3v) is 8.60. The molecular weight excluding hydrogens is 434 g/mol. The Hall–Kier alpha value is -2.52. The van der Waals surface area contributed by atoms with Crippen LogP contribution in [0.5, 0.6) is 5.75 Å². The van der Waals surface area contributed by atoms with Crippen molar-refractivity contribution in [2.45, 2.75) is 24.6 Å². The van der Waals surface area contributed by atoms with Crippen molar-refractivity contribution < 1.29 is 17.9 Å². The highest BCUT2D eigenvalue weighted by Gasteiger charge is 2.44. The zero-order valence-corrected chi connectivity index (χ0v) is 19.1. The van der Waals surface area contributed by atoms with Crippen LogP contribution >= 0.6 is 11.8 Å². The van der Waals surface area contributed by atoms with E-state index >= 15 is 0 Å². The summed E-state index contributed by atoms with van der Waals surface area (Å²) in [6.07, 6.45) is 0.925. The van der Waals surface area contributed by atoms with Crippen LogP contribution in [0.2, 0.25) is 0 Å². The molecule has 4 rings (SSSR count). The molecule has 0 saturated carbocycles. The molecule has 0 aliphatic carbocycles. The van der Waals surface area contributed by atoms with Crippen molar-refractivity contribution in [2.24, 2.45) is 4.99 Å². The number of hydrogen-bond donors (Lipinski definition) is 1. The fourth-order valence-electron chi connectivity index (χ4n) is 3.70. The van der Waals surface area contributed by atoms with Gasteiger partial charge in [-0.1, -0.05) is 36.9 Å². The Balaban J connectivity index is 1.56. The maximum Gasteiger partial charge on any atom is 0.244 e. The van der Waals surface area contributed by atoms with Gasteiger partial charge in [-0.2, -0.15) is 0 Å². The van der Waals surface area contributed by atoms with E-state index in [1.54, 1.807) is 19.2 Å². The zero-order valence-electron chi connectivity index (χ0n) is 17.4. The van der Waals surface area contributed by atoms with E-state index in [-0.39, 0.29) is 35.2 Å². The number of anilines is 2. The average Bonchev–Trinajstić information content (AvgIpc) is 3.25. The van der Waals surface area contributed by atoms with Gasteiger partial charge in [-0.25, -0.2) is 8.42 Å². The summed E-state index contributed by atoms with van der Waals surface area (Å²) < 4.78 is 29.1. The predicted octanol–water partition coefficient (Wildman–Crippen LogP) is 2.97. The summed E-state index contributed by atoms with van der Waals surface area (Å²) >= 11 is 1.45. The molecule has 1 fully saturated rings. The highest BCUT2D eigenvalue weighted by molar-refractivity contribution is 8.15. The molecule has 2 aliphatic heterocycles. The van der Waals surface area contributed by atoms with Gasteiger partial charge in [-0.15, -0.1) is 0 Å². The lowest BCUT2D eigenvalue weighted by Gasteiger charge is -2.24. The summed E-state index contributed by atoms with van der Waals surface area (Å²) in [5.74, 6) is 0.677. The molecule has 0 unspecified atom stereocenters. The van der Waals surface area contributed by atoms with Crippen LogP contribution in [0, 0.1) is 0 Å². The van der Waals surface area contributed by atoms with Gasteiger partial charge in [-0.3, -0.25) is 9.79 Å². The van der Waals surface area contributed by atoms with Gasteiger partial charge in [-0.05, 0) is 36.2 Å². The second-order valence-electron chi connectivity index (χ2n) is 7.60. The third-order valence-electron chi connectivity index (χ3n) is 5.35. The molecule has 2 atom stereocenters. The predicted molar refractivity (Wildman–Crippen MR) is 126 cm³/mol. The number of nitrogens with one attached hydrogen (secondary N) is 1. The van der Waals surface area contributed by atoms with Crippen LogP contribution in [0.3, 0.4) is 0 Å². The molecule has 9 heteroatoms. The second kappa shape index (κ2) is 8.92. The lowest BCUT2D eigenvalue weighted by atomic mass is 10.1. The maximum atomic E-state index is 12.9. The molecule has 31 heavy (non-hydrogen) atoms. The number of methoxy groups -OCH3 is 1. The summed E-state index contributed by atoms with van der Waals surface area (Å²) in [6, 6.07) is 15.0. The smallest absolute Gasteiger partial charge is 0.244 e. The summed E-state index contributed by atoms with van der Waals surface area (Å²) in [6.45, 7) is 2.16. The van der Waals surface area contributed by atoms with Crippen molar-refractivity contribution in [3.05, 3.63) is 54.1 Å². The van der Waals surface area contributed by atoms with Gasteiger partial charge < -0.3 is 15.0 Å². The van der Waals surface area contributed by atoms with Crippen LogP contribution in [0.1, 0.15) is 12.5 Å². The number of aryl methyl sites for hydroxylation is 1. The van der Waals surface area contributed by atoms with E-state index in [9.17, 15) is 13.2 Å². The largest absolute Gasteiger partial charge is 0.497 e. The number of fused-ring (bicyclic) bond motifs is 1. The Morgan fingerprint density at radius 3 is 2.68 bits per heavy atom. The Morgan fingerprint density at radius 1 is 1.23 bits per heavy atom. The molecule has 164 valence electrons. The molecule has 7 nitrogen and oxygen atoms in total. The van der Waals surface area contributed by atoms with Crippen LogP contribution in [0.4, 0.5) is 11.4 Å². The number of amides is 1. The van der Waals surface area contributed by atoms with Crippen LogP contribution in [-0.4, -0.2) is 55.9 Å². The number of amidine groups is 1. The minimum absolute atomic E-state index is 0.0701. The second-order valence-corrected chi connectivity index (χ2v) is 11.0. The lowest BCUT2D eigenvalue weighted by Crippen LogP contribution is -2.36. The first-order chi connectivity index (χ1) is 14.9. The van der Waals surface area contributed by atoms with Gasteiger partial charge >= 0.3 is 0 Å². The first-order valence-corrected chi connectivity index (χ1v) is 12.8. The number of rotatable bonds is 6. The number of carbonyl (C=O) groups excluding carboxylic acids is 1. The third kappa shape index (κ3) is 5.04. The fraction of sp³-hybridized carbons (Fsp3) is 0.364. The van der Waals surface area contributed by atoms with E-state index in [4.69, 9.17) is 4.74 Å². The van der Waals surface area contributed by atoms with Gasteiger partial charge in [0.15, 0.2) is 15.0 Å². The van der Waals surface area contributed by atoms with E-state index in [1.165, 1.54) is 17.3 Å².